The highest BCUT2D eigenvalue weighted by molar-refractivity contribution is 5.88. The largest absolute Gasteiger partial charge is 0.420 e. The van der Waals surface area contributed by atoms with E-state index in [2.05, 4.69) is 28.5 Å². The number of hydrogen-bond donors (Lipinski definition) is 3. The Morgan fingerprint density at radius 3 is 2.76 bits per heavy atom. The Morgan fingerprint density at radius 1 is 1.44 bits per heavy atom. The van der Waals surface area contributed by atoms with Gasteiger partial charge in [0.2, 0.25) is 17.7 Å². The molecule has 1 amide bonds. The number of nitrogens with zero attached hydrogens (tertiary/aromatic N) is 2. The summed E-state index contributed by atoms with van der Waals surface area (Å²) in [5.41, 5.74) is 9.66. The lowest BCUT2D eigenvalue weighted by atomic mass is 9.83. The summed E-state index contributed by atoms with van der Waals surface area (Å²) in [5, 5.41) is 19.5. The Morgan fingerprint density at radius 2 is 2.16 bits per heavy atom. The lowest BCUT2D eigenvalue weighted by Gasteiger charge is -2.24. The zero-order valence-electron chi connectivity index (χ0n) is 14.1. The molecule has 128 valence electrons. The van der Waals surface area contributed by atoms with E-state index < -0.39 is 0 Å². The molecule has 1 aliphatic rings. The Hall–Kier alpha value is -3.27. The van der Waals surface area contributed by atoms with Gasteiger partial charge in [0.1, 0.15) is 11.6 Å². The van der Waals surface area contributed by atoms with Gasteiger partial charge in [-0.3, -0.25) is 9.89 Å². The van der Waals surface area contributed by atoms with Gasteiger partial charge >= 0.3 is 0 Å². The first-order chi connectivity index (χ1) is 12.0. The fourth-order valence-electron chi connectivity index (χ4n) is 3.04. The second-order valence-electron chi connectivity index (χ2n) is 5.90. The van der Waals surface area contributed by atoms with Gasteiger partial charge in [-0.15, -0.1) is 5.10 Å². The zero-order chi connectivity index (χ0) is 18.0. The van der Waals surface area contributed by atoms with Crippen LogP contribution < -0.4 is 15.8 Å². The number of nitrogens with one attached hydrogen (secondary N) is 2. The highest BCUT2D eigenvalue weighted by Crippen LogP contribution is 2.43. The van der Waals surface area contributed by atoms with Gasteiger partial charge in [0.15, 0.2) is 0 Å². The van der Waals surface area contributed by atoms with Crippen molar-refractivity contribution in [2.75, 3.05) is 5.32 Å². The molecule has 1 aliphatic heterocycles. The first-order valence-corrected chi connectivity index (χ1v) is 8.07. The number of allylic oxidation sites excluding steroid dienone is 1. The number of aromatic nitrogens is 2. The number of ether oxygens (including phenoxy) is 1. The number of aryl methyl sites for hydroxylation is 1. The molecule has 0 spiro atoms. The molecule has 3 rings (SSSR count). The number of aromatic amines is 1. The molecular weight excluding hydrogens is 318 g/mol. The minimum Gasteiger partial charge on any atom is -0.420 e. The quantitative estimate of drug-likeness (QED) is 0.792. The van der Waals surface area contributed by atoms with Crippen LogP contribution >= 0.6 is 0 Å². The van der Waals surface area contributed by atoms with E-state index in [1.165, 1.54) is 6.92 Å². The van der Waals surface area contributed by atoms with E-state index in [-0.39, 0.29) is 17.7 Å². The van der Waals surface area contributed by atoms with Crippen LogP contribution in [0.1, 0.15) is 43.0 Å². The standard InChI is InChI=1S/C18H19N5O2/c1-3-4-14-16-15(11-5-7-12(8-6-11)21-10(2)24)13(9-19)17(20)25-18(16)23-22-14/h5-8,15H,3-4,20H2,1-2H3,(H,21,24)(H,22,23). The summed E-state index contributed by atoms with van der Waals surface area (Å²) in [6, 6.07) is 9.52. The molecule has 0 saturated heterocycles. The lowest BCUT2D eigenvalue weighted by molar-refractivity contribution is -0.114. The first-order valence-electron chi connectivity index (χ1n) is 8.07. The average Bonchev–Trinajstić information content (AvgIpc) is 2.96. The number of fused-ring (bicyclic) bond motifs is 1. The van der Waals surface area contributed by atoms with Crippen LogP contribution in [0.3, 0.4) is 0 Å². The van der Waals surface area contributed by atoms with Gasteiger partial charge in [0.05, 0.1) is 5.92 Å². The predicted molar refractivity (Wildman–Crippen MR) is 92.6 cm³/mol. The average molecular weight is 337 g/mol. The molecule has 2 aromatic rings. The molecule has 2 heterocycles. The highest BCUT2D eigenvalue weighted by Gasteiger charge is 2.34. The highest BCUT2D eigenvalue weighted by atomic mass is 16.5. The van der Waals surface area contributed by atoms with Crippen LogP contribution in [0.2, 0.25) is 0 Å². The van der Waals surface area contributed by atoms with Crippen molar-refractivity contribution < 1.29 is 9.53 Å². The molecule has 0 aliphatic carbocycles. The minimum absolute atomic E-state index is 0.0699. The number of nitrogens with two attached hydrogens (primary N) is 1. The molecule has 7 heteroatoms. The van der Waals surface area contributed by atoms with E-state index in [0.29, 0.717) is 17.1 Å². The second-order valence-corrected chi connectivity index (χ2v) is 5.90. The molecule has 0 radical (unpaired) electrons. The van der Waals surface area contributed by atoms with Crippen molar-refractivity contribution in [3.05, 3.63) is 52.5 Å². The third-order valence-corrected chi connectivity index (χ3v) is 4.08. The summed E-state index contributed by atoms with van der Waals surface area (Å²) in [7, 11) is 0. The number of anilines is 1. The van der Waals surface area contributed by atoms with E-state index in [9.17, 15) is 10.1 Å². The minimum atomic E-state index is -0.347. The molecule has 25 heavy (non-hydrogen) atoms. The third kappa shape index (κ3) is 3.06. The van der Waals surface area contributed by atoms with Gasteiger partial charge in [-0.2, -0.15) is 5.26 Å². The molecule has 4 N–H and O–H groups in total. The van der Waals surface area contributed by atoms with Crippen molar-refractivity contribution >= 4 is 11.6 Å². The van der Waals surface area contributed by atoms with Gasteiger partial charge < -0.3 is 15.8 Å². The van der Waals surface area contributed by atoms with E-state index >= 15 is 0 Å². The SMILES string of the molecule is CCCc1[nH]nc2c1C(c1ccc(NC(C)=O)cc1)C(C#N)=C(N)O2. The molecule has 0 saturated carbocycles. The second kappa shape index (κ2) is 6.69. The number of carbonyl (C=O) groups excluding carboxylic acids is 1. The lowest BCUT2D eigenvalue weighted by Crippen LogP contribution is -2.21. The summed E-state index contributed by atoms with van der Waals surface area (Å²) in [6.07, 6.45) is 1.73. The van der Waals surface area contributed by atoms with Crippen molar-refractivity contribution in [3.8, 4) is 11.9 Å². The molecule has 7 nitrogen and oxygen atoms in total. The van der Waals surface area contributed by atoms with Crippen LogP contribution in [0, 0.1) is 11.3 Å². The third-order valence-electron chi connectivity index (χ3n) is 4.08. The molecule has 1 atom stereocenters. The monoisotopic (exact) mass is 337 g/mol. The number of amides is 1. The van der Waals surface area contributed by atoms with E-state index in [1.54, 1.807) is 12.1 Å². The van der Waals surface area contributed by atoms with Crippen molar-refractivity contribution in [2.45, 2.75) is 32.6 Å². The van der Waals surface area contributed by atoms with Gasteiger partial charge in [-0.05, 0) is 24.1 Å². The Kier molecular flexibility index (Phi) is 4.44. The van der Waals surface area contributed by atoms with E-state index in [0.717, 1.165) is 29.7 Å². The Labute approximate surface area is 145 Å². The molecule has 0 fully saturated rings. The summed E-state index contributed by atoms with van der Waals surface area (Å²) < 4.78 is 5.53. The Bertz CT molecular complexity index is 874. The molecular formula is C18H19N5O2. The summed E-state index contributed by atoms with van der Waals surface area (Å²) in [6.45, 7) is 3.53. The van der Waals surface area contributed by atoms with Crippen LogP contribution in [0.5, 0.6) is 5.88 Å². The van der Waals surface area contributed by atoms with Crippen LogP contribution in [0.15, 0.2) is 35.7 Å². The van der Waals surface area contributed by atoms with Gasteiger partial charge in [0.25, 0.3) is 0 Å². The predicted octanol–water partition coefficient (Wildman–Crippen LogP) is 2.54. The molecule has 1 aromatic carbocycles. The number of benzene rings is 1. The number of carbonyl (C=O) groups is 1. The maximum atomic E-state index is 11.2. The van der Waals surface area contributed by atoms with E-state index in [4.69, 9.17) is 10.5 Å². The van der Waals surface area contributed by atoms with Crippen molar-refractivity contribution in [1.82, 2.24) is 10.2 Å². The normalized spacial score (nSPS) is 16.0. The maximum Gasteiger partial charge on any atom is 0.244 e. The summed E-state index contributed by atoms with van der Waals surface area (Å²) in [5.74, 6) is -0.000162. The van der Waals surface area contributed by atoms with E-state index in [1.807, 2.05) is 12.1 Å². The first kappa shape index (κ1) is 16.6. The van der Waals surface area contributed by atoms with Crippen molar-refractivity contribution in [1.29, 1.82) is 5.26 Å². The van der Waals surface area contributed by atoms with Gasteiger partial charge in [-0.25, -0.2) is 0 Å². The van der Waals surface area contributed by atoms with Crippen molar-refractivity contribution in [2.24, 2.45) is 5.73 Å². The topological polar surface area (TPSA) is 117 Å². The zero-order valence-corrected chi connectivity index (χ0v) is 14.1. The number of nitriles is 1. The molecule has 1 aromatic heterocycles. The molecule has 1 unspecified atom stereocenters. The summed E-state index contributed by atoms with van der Waals surface area (Å²) in [4.78, 5) is 11.2. The van der Waals surface area contributed by atoms with Crippen molar-refractivity contribution in [3.63, 3.8) is 0 Å². The van der Waals surface area contributed by atoms with Crippen LogP contribution in [0.4, 0.5) is 5.69 Å². The number of hydrogen-bond acceptors (Lipinski definition) is 5. The van der Waals surface area contributed by atoms with Crippen LogP contribution in [0.25, 0.3) is 0 Å². The van der Waals surface area contributed by atoms with Gasteiger partial charge in [0, 0.05) is 23.9 Å². The number of H-pyrrole nitrogens is 1. The Balaban J connectivity index is 2.08. The molecule has 0 bridgehead atoms. The summed E-state index contributed by atoms with van der Waals surface area (Å²) >= 11 is 0. The van der Waals surface area contributed by atoms with Crippen LogP contribution in [-0.4, -0.2) is 16.1 Å². The number of rotatable bonds is 4. The van der Waals surface area contributed by atoms with Gasteiger partial charge in [-0.1, -0.05) is 25.5 Å². The fraction of sp³-hybridized carbons (Fsp3) is 0.278. The smallest absolute Gasteiger partial charge is 0.244 e. The van der Waals surface area contributed by atoms with Crippen LogP contribution in [-0.2, 0) is 11.2 Å². The maximum absolute atomic E-state index is 11.2. The fourth-order valence-corrected chi connectivity index (χ4v) is 3.04.